The molecule has 20 heavy (non-hydrogen) atoms. The largest absolute Gasteiger partial charge is 0.467 e. The molecule has 0 N–H and O–H groups in total. The molecule has 0 bridgehead atoms. The van der Waals surface area contributed by atoms with Gasteiger partial charge in [-0.1, -0.05) is 39.0 Å². The first-order chi connectivity index (χ1) is 9.81. The Morgan fingerprint density at radius 3 is 1.95 bits per heavy atom. The molecule has 0 aliphatic heterocycles. The van der Waals surface area contributed by atoms with Crippen LogP contribution >= 0.6 is 0 Å². The quantitative estimate of drug-likeness (QED) is 0.343. The van der Waals surface area contributed by atoms with Crippen molar-refractivity contribution in [3.63, 3.8) is 0 Å². The molecule has 0 aliphatic rings. The Hall–Kier alpha value is -0.650. The molecule has 0 unspecified atom stereocenters. The van der Waals surface area contributed by atoms with Crippen molar-refractivity contribution in [3.05, 3.63) is 0 Å². The van der Waals surface area contributed by atoms with Crippen LogP contribution in [0.4, 0.5) is 0 Å². The van der Waals surface area contributed by atoms with Crippen LogP contribution in [0.15, 0.2) is 0 Å². The molecule has 0 aromatic heterocycles. The lowest BCUT2D eigenvalue weighted by molar-refractivity contribution is -0.146. The van der Waals surface area contributed by atoms with Crippen LogP contribution < -0.4 is 0 Å². The Morgan fingerprint density at radius 2 is 1.30 bits per heavy atom. The fraction of sp³-hybridized carbons (Fsp3) is 0.933. The molecule has 0 heterocycles. The van der Waals surface area contributed by atoms with E-state index >= 15 is 0 Å². The van der Waals surface area contributed by atoms with E-state index in [1.165, 1.54) is 39.2 Å². The maximum absolute atomic E-state index is 10.7. The number of rotatable bonds is 15. The monoisotopic (exact) mass is 290 g/mol. The zero-order chi connectivity index (χ0) is 14.9. The summed E-state index contributed by atoms with van der Waals surface area (Å²) < 4.78 is 20.2. The van der Waals surface area contributed by atoms with Gasteiger partial charge in [-0.15, -0.1) is 0 Å². The van der Waals surface area contributed by atoms with Crippen LogP contribution in [0.2, 0.25) is 0 Å². The molecular weight excluding hydrogens is 260 g/mol. The summed E-state index contributed by atoms with van der Waals surface area (Å²) in [5.74, 6) is -0.368. The van der Waals surface area contributed by atoms with Crippen molar-refractivity contribution in [1.29, 1.82) is 0 Å². The predicted octanol–water partition coefficient (Wildman–Crippen LogP) is 2.57. The van der Waals surface area contributed by atoms with Crippen molar-refractivity contribution in [2.45, 2.75) is 45.4 Å². The first-order valence-corrected chi connectivity index (χ1v) is 7.61. The van der Waals surface area contributed by atoms with Gasteiger partial charge in [-0.3, -0.25) is 0 Å². The van der Waals surface area contributed by atoms with E-state index in [2.05, 4.69) is 11.7 Å². The molecular formula is C15H30O5. The smallest absolute Gasteiger partial charge is 0.331 e. The molecule has 120 valence electrons. The van der Waals surface area contributed by atoms with Crippen molar-refractivity contribution in [2.75, 3.05) is 46.8 Å². The van der Waals surface area contributed by atoms with Crippen molar-refractivity contribution in [2.24, 2.45) is 0 Å². The average molecular weight is 290 g/mol. The van der Waals surface area contributed by atoms with Crippen LogP contribution in [-0.4, -0.2) is 52.7 Å². The molecule has 0 fully saturated rings. The van der Waals surface area contributed by atoms with E-state index in [-0.39, 0.29) is 12.6 Å². The number of esters is 1. The van der Waals surface area contributed by atoms with Crippen LogP contribution in [-0.2, 0) is 23.7 Å². The van der Waals surface area contributed by atoms with Crippen molar-refractivity contribution in [1.82, 2.24) is 0 Å². The van der Waals surface area contributed by atoms with E-state index in [4.69, 9.17) is 14.2 Å². The average Bonchev–Trinajstić information content (AvgIpc) is 2.47. The summed E-state index contributed by atoms with van der Waals surface area (Å²) in [6, 6.07) is 0. The summed E-state index contributed by atoms with van der Waals surface area (Å²) in [5, 5.41) is 0. The van der Waals surface area contributed by atoms with E-state index in [0.29, 0.717) is 26.4 Å². The topological polar surface area (TPSA) is 54.0 Å². The number of carbonyl (C=O) groups excluding carboxylic acids is 1. The number of methoxy groups -OCH3 is 1. The summed E-state index contributed by atoms with van der Waals surface area (Å²) >= 11 is 0. The zero-order valence-corrected chi connectivity index (χ0v) is 13.0. The third-order valence-corrected chi connectivity index (χ3v) is 2.83. The molecule has 0 aromatic rings. The Kier molecular flexibility index (Phi) is 15.9. The number of hydrogen-bond acceptors (Lipinski definition) is 5. The van der Waals surface area contributed by atoms with Gasteiger partial charge in [0.2, 0.25) is 0 Å². The Bertz CT molecular complexity index is 208. The molecule has 0 spiro atoms. The van der Waals surface area contributed by atoms with Crippen LogP contribution in [0.25, 0.3) is 0 Å². The molecule has 0 amide bonds. The van der Waals surface area contributed by atoms with E-state index < -0.39 is 0 Å². The lowest BCUT2D eigenvalue weighted by atomic mass is 10.1. The zero-order valence-electron chi connectivity index (χ0n) is 13.0. The number of ether oxygens (including phenoxy) is 4. The lowest BCUT2D eigenvalue weighted by Crippen LogP contribution is -2.14. The van der Waals surface area contributed by atoms with Gasteiger partial charge in [0.15, 0.2) is 0 Å². The lowest BCUT2D eigenvalue weighted by Gasteiger charge is -2.06. The van der Waals surface area contributed by atoms with Crippen molar-refractivity contribution >= 4 is 5.97 Å². The van der Waals surface area contributed by atoms with Gasteiger partial charge in [0.05, 0.1) is 33.5 Å². The fourth-order valence-corrected chi connectivity index (χ4v) is 1.64. The highest BCUT2D eigenvalue weighted by Crippen LogP contribution is 2.04. The molecule has 0 aliphatic carbocycles. The summed E-state index contributed by atoms with van der Waals surface area (Å²) in [4.78, 5) is 10.7. The maximum atomic E-state index is 10.7. The Labute approximate surface area is 122 Å². The third kappa shape index (κ3) is 15.4. The van der Waals surface area contributed by atoms with Gasteiger partial charge in [0.1, 0.15) is 6.61 Å². The molecule has 0 saturated carbocycles. The molecule has 0 radical (unpaired) electrons. The summed E-state index contributed by atoms with van der Waals surface area (Å²) in [6.07, 6.45) is 7.66. The van der Waals surface area contributed by atoms with E-state index in [1.807, 2.05) is 0 Å². The van der Waals surface area contributed by atoms with Gasteiger partial charge in [0, 0.05) is 6.61 Å². The van der Waals surface area contributed by atoms with Crippen LogP contribution in [0.5, 0.6) is 0 Å². The van der Waals surface area contributed by atoms with E-state index in [9.17, 15) is 4.79 Å². The standard InChI is InChI=1S/C15H30O5/c1-3-4-5-6-7-8-9-18-10-11-19-12-13-20-14-15(16)17-2/h3-14H2,1-2H3. The minimum absolute atomic E-state index is 0.0195. The second kappa shape index (κ2) is 16.4. The highest BCUT2D eigenvalue weighted by atomic mass is 16.6. The summed E-state index contributed by atoms with van der Waals surface area (Å²) in [6.45, 7) is 5.07. The normalized spacial score (nSPS) is 10.7. The molecule has 5 nitrogen and oxygen atoms in total. The highest BCUT2D eigenvalue weighted by Gasteiger charge is 1.98. The summed E-state index contributed by atoms with van der Waals surface area (Å²) in [5.41, 5.74) is 0. The predicted molar refractivity (Wildman–Crippen MR) is 77.8 cm³/mol. The molecule has 0 saturated heterocycles. The minimum atomic E-state index is -0.368. The second-order valence-corrected chi connectivity index (χ2v) is 4.62. The third-order valence-electron chi connectivity index (χ3n) is 2.83. The van der Waals surface area contributed by atoms with Gasteiger partial charge in [-0.25, -0.2) is 4.79 Å². The van der Waals surface area contributed by atoms with Crippen molar-refractivity contribution < 1.29 is 23.7 Å². The van der Waals surface area contributed by atoms with Gasteiger partial charge in [0.25, 0.3) is 0 Å². The highest BCUT2D eigenvalue weighted by molar-refractivity contribution is 5.70. The first-order valence-electron chi connectivity index (χ1n) is 7.61. The molecule has 0 aromatic carbocycles. The first kappa shape index (κ1) is 19.4. The second-order valence-electron chi connectivity index (χ2n) is 4.62. The van der Waals surface area contributed by atoms with E-state index in [0.717, 1.165) is 13.0 Å². The molecule has 0 rings (SSSR count). The van der Waals surface area contributed by atoms with Gasteiger partial charge < -0.3 is 18.9 Å². The van der Waals surface area contributed by atoms with Crippen LogP contribution in [0.1, 0.15) is 45.4 Å². The van der Waals surface area contributed by atoms with E-state index in [1.54, 1.807) is 0 Å². The van der Waals surface area contributed by atoms with Crippen LogP contribution in [0.3, 0.4) is 0 Å². The number of carbonyl (C=O) groups is 1. The molecule has 5 heteroatoms. The van der Waals surface area contributed by atoms with Gasteiger partial charge >= 0.3 is 5.97 Å². The summed E-state index contributed by atoms with van der Waals surface area (Å²) in [7, 11) is 1.34. The minimum Gasteiger partial charge on any atom is -0.467 e. The van der Waals surface area contributed by atoms with Crippen LogP contribution in [0, 0.1) is 0 Å². The van der Waals surface area contributed by atoms with Gasteiger partial charge in [-0.05, 0) is 6.42 Å². The SMILES string of the molecule is CCCCCCCCOCCOCCOCC(=O)OC. The van der Waals surface area contributed by atoms with Gasteiger partial charge in [-0.2, -0.15) is 0 Å². The van der Waals surface area contributed by atoms with Crippen molar-refractivity contribution in [3.8, 4) is 0 Å². The Balaban J connectivity index is 2.97. The maximum Gasteiger partial charge on any atom is 0.331 e. The Morgan fingerprint density at radius 1 is 0.750 bits per heavy atom. The fourth-order valence-electron chi connectivity index (χ4n) is 1.64. The number of unbranched alkanes of at least 4 members (excludes halogenated alkanes) is 5. The molecule has 0 atom stereocenters. The number of hydrogen-bond donors (Lipinski definition) is 0.